The Morgan fingerprint density at radius 2 is 1.81 bits per heavy atom. The molecular formula is C17H12FN3O5. The molecule has 0 bridgehead atoms. The van der Waals surface area contributed by atoms with Crippen molar-refractivity contribution < 1.29 is 23.7 Å². The van der Waals surface area contributed by atoms with Crippen molar-refractivity contribution in [3.63, 3.8) is 0 Å². The number of nitrogens with one attached hydrogen (secondary N) is 1. The number of hydrogen-bond acceptors (Lipinski definition) is 5. The zero-order valence-corrected chi connectivity index (χ0v) is 13.3. The molecule has 0 radical (unpaired) electrons. The van der Waals surface area contributed by atoms with E-state index in [1.165, 1.54) is 24.3 Å². The summed E-state index contributed by atoms with van der Waals surface area (Å²) in [7, 11) is 0. The topological polar surface area (TPSA) is 110 Å². The van der Waals surface area contributed by atoms with Crippen molar-refractivity contribution in [3.8, 4) is 0 Å². The van der Waals surface area contributed by atoms with Crippen LogP contribution in [0, 0.1) is 15.9 Å². The first-order valence-corrected chi connectivity index (χ1v) is 7.53. The van der Waals surface area contributed by atoms with E-state index >= 15 is 0 Å². The Morgan fingerprint density at radius 3 is 2.50 bits per heavy atom. The molecular weight excluding hydrogens is 345 g/mol. The fraction of sp³-hybridized carbons (Fsp3) is 0.118. The third-order valence-electron chi connectivity index (χ3n) is 3.90. The minimum absolute atomic E-state index is 0.00232. The van der Waals surface area contributed by atoms with Gasteiger partial charge in [-0.1, -0.05) is 18.2 Å². The van der Waals surface area contributed by atoms with Crippen molar-refractivity contribution in [1.29, 1.82) is 0 Å². The molecule has 9 heteroatoms. The average molecular weight is 357 g/mol. The predicted molar refractivity (Wildman–Crippen MR) is 86.7 cm³/mol. The molecule has 0 saturated carbocycles. The number of nitrogens with zero attached hydrogens (tertiary/aromatic N) is 2. The van der Waals surface area contributed by atoms with Crippen LogP contribution in [0.2, 0.25) is 0 Å². The third kappa shape index (κ3) is 3.14. The molecule has 2 aromatic rings. The molecule has 0 spiro atoms. The highest BCUT2D eigenvalue weighted by molar-refractivity contribution is 6.22. The van der Waals surface area contributed by atoms with E-state index in [-0.39, 0.29) is 28.9 Å². The van der Waals surface area contributed by atoms with Gasteiger partial charge in [-0.25, -0.2) is 4.39 Å². The molecule has 1 heterocycles. The third-order valence-corrected chi connectivity index (χ3v) is 3.90. The number of carbonyl (C=O) groups excluding carboxylic acids is 3. The van der Waals surface area contributed by atoms with Crippen LogP contribution in [0.15, 0.2) is 42.5 Å². The molecule has 0 saturated heterocycles. The second-order valence-electron chi connectivity index (χ2n) is 5.55. The summed E-state index contributed by atoms with van der Waals surface area (Å²) in [4.78, 5) is 47.4. The van der Waals surface area contributed by atoms with Crippen molar-refractivity contribution in [3.05, 3.63) is 75.1 Å². The van der Waals surface area contributed by atoms with Gasteiger partial charge in [0.05, 0.1) is 16.1 Å². The van der Waals surface area contributed by atoms with Crippen LogP contribution in [0.3, 0.4) is 0 Å². The zero-order chi connectivity index (χ0) is 18.8. The van der Waals surface area contributed by atoms with E-state index in [9.17, 15) is 28.9 Å². The maximum atomic E-state index is 13.5. The van der Waals surface area contributed by atoms with Gasteiger partial charge in [0.15, 0.2) is 0 Å². The first-order valence-electron chi connectivity index (χ1n) is 7.53. The minimum atomic E-state index is -0.783. The van der Waals surface area contributed by atoms with Crippen LogP contribution < -0.4 is 5.32 Å². The summed E-state index contributed by atoms with van der Waals surface area (Å²) in [5.41, 5.74) is -0.178. The van der Waals surface area contributed by atoms with Crippen molar-refractivity contribution in [1.82, 2.24) is 10.2 Å². The molecule has 1 aliphatic rings. The second-order valence-corrected chi connectivity index (χ2v) is 5.55. The fourth-order valence-electron chi connectivity index (χ4n) is 2.57. The van der Waals surface area contributed by atoms with Gasteiger partial charge in [-0.3, -0.25) is 29.4 Å². The lowest BCUT2D eigenvalue weighted by Crippen LogP contribution is -2.40. The molecule has 0 unspecified atom stereocenters. The molecule has 0 aliphatic carbocycles. The van der Waals surface area contributed by atoms with E-state index in [2.05, 4.69) is 5.32 Å². The van der Waals surface area contributed by atoms with Crippen LogP contribution in [-0.4, -0.2) is 34.1 Å². The van der Waals surface area contributed by atoms with Gasteiger partial charge in [-0.15, -0.1) is 0 Å². The second kappa shape index (κ2) is 6.71. The SMILES string of the molecule is O=C(CN1C(=O)c2ccc([N+](=O)[O-])cc2C1=O)NCc1ccccc1F. The number of rotatable bonds is 5. The summed E-state index contributed by atoms with van der Waals surface area (Å²) in [6.07, 6.45) is 0. The number of amides is 3. The number of fused-ring (bicyclic) bond motifs is 1. The Labute approximate surface area is 146 Å². The molecule has 0 atom stereocenters. The van der Waals surface area contributed by atoms with Gasteiger partial charge in [0.1, 0.15) is 12.4 Å². The summed E-state index contributed by atoms with van der Waals surface area (Å²) in [6, 6.07) is 9.18. The maximum absolute atomic E-state index is 13.5. The highest BCUT2D eigenvalue weighted by Gasteiger charge is 2.37. The van der Waals surface area contributed by atoms with E-state index in [1.54, 1.807) is 6.07 Å². The number of hydrogen-bond donors (Lipinski definition) is 1. The van der Waals surface area contributed by atoms with Crippen LogP contribution in [0.1, 0.15) is 26.3 Å². The fourth-order valence-corrected chi connectivity index (χ4v) is 2.57. The highest BCUT2D eigenvalue weighted by Crippen LogP contribution is 2.26. The van der Waals surface area contributed by atoms with Gasteiger partial charge in [0, 0.05) is 24.2 Å². The van der Waals surface area contributed by atoms with E-state index < -0.39 is 35.0 Å². The molecule has 3 amide bonds. The van der Waals surface area contributed by atoms with Gasteiger partial charge >= 0.3 is 0 Å². The molecule has 1 aliphatic heterocycles. The van der Waals surface area contributed by atoms with E-state index in [0.29, 0.717) is 4.90 Å². The number of nitro benzene ring substituents is 1. The summed E-state index contributed by atoms with van der Waals surface area (Å²) in [6.45, 7) is -0.658. The van der Waals surface area contributed by atoms with Gasteiger partial charge in [-0.05, 0) is 12.1 Å². The van der Waals surface area contributed by atoms with Gasteiger partial charge in [0.25, 0.3) is 17.5 Å². The largest absolute Gasteiger partial charge is 0.350 e. The van der Waals surface area contributed by atoms with Crippen molar-refractivity contribution >= 4 is 23.4 Å². The lowest BCUT2D eigenvalue weighted by atomic mass is 10.1. The van der Waals surface area contributed by atoms with Crippen molar-refractivity contribution in [2.75, 3.05) is 6.54 Å². The quantitative estimate of drug-likeness (QED) is 0.497. The van der Waals surface area contributed by atoms with Gasteiger partial charge < -0.3 is 5.32 Å². The lowest BCUT2D eigenvalue weighted by Gasteiger charge is -2.13. The standard InChI is InChI=1S/C17H12FN3O5/c18-14-4-2-1-3-10(14)8-19-15(22)9-20-16(23)12-6-5-11(21(25)26)7-13(12)17(20)24/h1-7H,8-9H2,(H,19,22). The summed E-state index contributed by atoms with van der Waals surface area (Å²) < 4.78 is 13.5. The first kappa shape index (κ1) is 17.2. The predicted octanol–water partition coefficient (Wildman–Crippen LogP) is 1.65. The molecule has 1 N–H and O–H groups in total. The van der Waals surface area contributed by atoms with E-state index in [4.69, 9.17) is 0 Å². The van der Waals surface area contributed by atoms with E-state index in [0.717, 1.165) is 12.1 Å². The van der Waals surface area contributed by atoms with Crippen LogP contribution in [0.5, 0.6) is 0 Å². The van der Waals surface area contributed by atoms with Crippen LogP contribution in [-0.2, 0) is 11.3 Å². The normalized spacial score (nSPS) is 12.9. The monoisotopic (exact) mass is 357 g/mol. The molecule has 3 rings (SSSR count). The smallest absolute Gasteiger partial charge is 0.270 e. The Kier molecular flexibility index (Phi) is 4.44. The number of halogens is 1. The Balaban J connectivity index is 1.69. The first-order chi connectivity index (χ1) is 12.4. The average Bonchev–Trinajstić information content (AvgIpc) is 2.85. The Hall–Kier alpha value is -3.62. The molecule has 8 nitrogen and oxygen atoms in total. The Bertz CT molecular complexity index is 944. The number of non-ortho nitro benzene ring substituents is 1. The van der Waals surface area contributed by atoms with Gasteiger partial charge in [0.2, 0.25) is 5.91 Å². The molecule has 0 aromatic heterocycles. The molecule has 26 heavy (non-hydrogen) atoms. The maximum Gasteiger partial charge on any atom is 0.270 e. The van der Waals surface area contributed by atoms with Gasteiger partial charge in [-0.2, -0.15) is 0 Å². The highest BCUT2D eigenvalue weighted by atomic mass is 19.1. The van der Waals surface area contributed by atoms with Crippen molar-refractivity contribution in [2.45, 2.75) is 6.54 Å². The minimum Gasteiger partial charge on any atom is -0.350 e. The van der Waals surface area contributed by atoms with E-state index in [1.807, 2.05) is 0 Å². The Morgan fingerprint density at radius 1 is 1.12 bits per heavy atom. The molecule has 132 valence electrons. The zero-order valence-electron chi connectivity index (χ0n) is 13.3. The number of benzene rings is 2. The molecule has 2 aromatic carbocycles. The summed E-state index contributed by atoms with van der Waals surface area (Å²) in [5.74, 6) is -2.63. The van der Waals surface area contributed by atoms with Crippen LogP contribution in [0.4, 0.5) is 10.1 Å². The number of nitro groups is 1. The number of carbonyl (C=O) groups is 3. The van der Waals surface area contributed by atoms with Crippen LogP contribution >= 0.6 is 0 Å². The summed E-state index contributed by atoms with van der Waals surface area (Å²) >= 11 is 0. The number of imide groups is 1. The van der Waals surface area contributed by atoms with Crippen molar-refractivity contribution in [2.24, 2.45) is 0 Å². The van der Waals surface area contributed by atoms with Crippen LogP contribution in [0.25, 0.3) is 0 Å². The lowest BCUT2D eigenvalue weighted by molar-refractivity contribution is -0.384. The summed E-state index contributed by atoms with van der Waals surface area (Å²) in [5, 5.41) is 13.2. The molecule has 0 fully saturated rings.